The summed E-state index contributed by atoms with van der Waals surface area (Å²) in [6.45, 7) is 0. The minimum atomic E-state index is -4.47. The van der Waals surface area contributed by atoms with Crippen molar-refractivity contribution >= 4 is 5.82 Å². The molecule has 7 heteroatoms. The van der Waals surface area contributed by atoms with Crippen molar-refractivity contribution < 1.29 is 13.2 Å². The number of hydrogen-bond acceptors (Lipinski definition) is 3. The number of alkyl halides is 3. The standard InChI is InChI=1S/C9H7F3N4/c10-9(11,12)6-4-5-14-16(6)8-3-1-2-7(13)15-8/h1-5H,(H2,13,15). The van der Waals surface area contributed by atoms with Crippen molar-refractivity contribution in [1.82, 2.24) is 14.8 Å². The Bertz CT molecular complexity index is 503. The average molecular weight is 228 g/mol. The molecule has 2 aromatic heterocycles. The normalized spacial score (nSPS) is 11.7. The molecule has 2 aromatic rings. The molecule has 0 amide bonds. The highest BCUT2D eigenvalue weighted by Gasteiger charge is 2.35. The number of halogens is 3. The zero-order valence-corrected chi connectivity index (χ0v) is 7.94. The maximum absolute atomic E-state index is 12.5. The molecular formula is C9H7F3N4. The number of anilines is 1. The van der Waals surface area contributed by atoms with E-state index in [1.165, 1.54) is 18.2 Å². The Balaban J connectivity index is 2.53. The van der Waals surface area contributed by atoms with Crippen LogP contribution in [0.5, 0.6) is 0 Å². The largest absolute Gasteiger partial charge is 0.433 e. The molecule has 2 heterocycles. The van der Waals surface area contributed by atoms with E-state index in [-0.39, 0.29) is 11.6 Å². The fourth-order valence-corrected chi connectivity index (χ4v) is 1.26. The van der Waals surface area contributed by atoms with Crippen LogP contribution in [0.1, 0.15) is 5.69 Å². The molecule has 0 saturated heterocycles. The van der Waals surface area contributed by atoms with E-state index in [0.29, 0.717) is 4.68 Å². The number of rotatable bonds is 1. The van der Waals surface area contributed by atoms with E-state index in [2.05, 4.69) is 10.1 Å². The summed E-state index contributed by atoms with van der Waals surface area (Å²) in [6, 6.07) is 5.28. The summed E-state index contributed by atoms with van der Waals surface area (Å²) in [7, 11) is 0. The van der Waals surface area contributed by atoms with Crippen LogP contribution in [0.2, 0.25) is 0 Å². The first-order chi connectivity index (χ1) is 7.48. The van der Waals surface area contributed by atoms with Crippen molar-refractivity contribution in [3.63, 3.8) is 0 Å². The van der Waals surface area contributed by atoms with Gasteiger partial charge >= 0.3 is 6.18 Å². The van der Waals surface area contributed by atoms with Gasteiger partial charge in [-0.05, 0) is 18.2 Å². The van der Waals surface area contributed by atoms with Crippen LogP contribution in [0.3, 0.4) is 0 Å². The Morgan fingerprint density at radius 3 is 2.56 bits per heavy atom. The molecule has 0 aromatic carbocycles. The van der Waals surface area contributed by atoms with Crippen LogP contribution in [-0.4, -0.2) is 14.8 Å². The predicted molar refractivity (Wildman–Crippen MR) is 50.8 cm³/mol. The Labute approximate surface area is 88.5 Å². The summed E-state index contributed by atoms with van der Waals surface area (Å²) in [4.78, 5) is 3.77. The van der Waals surface area contributed by atoms with Crippen LogP contribution in [0.15, 0.2) is 30.5 Å². The monoisotopic (exact) mass is 228 g/mol. The summed E-state index contributed by atoms with van der Waals surface area (Å²) < 4.78 is 38.3. The van der Waals surface area contributed by atoms with Crippen LogP contribution in [-0.2, 0) is 6.18 Å². The van der Waals surface area contributed by atoms with E-state index < -0.39 is 11.9 Å². The van der Waals surface area contributed by atoms with Crippen molar-refractivity contribution in [2.24, 2.45) is 0 Å². The lowest BCUT2D eigenvalue weighted by Crippen LogP contribution is -2.14. The number of nitrogen functional groups attached to an aromatic ring is 1. The quantitative estimate of drug-likeness (QED) is 0.810. The summed E-state index contributed by atoms with van der Waals surface area (Å²) in [6.07, 6.45) is -3.41. The van der Waals surface area contributed by atoms with Gasteiger partial charge in [-0.15, -0.1) is 0 Å². The molecule has 16 heavy (non-hydrogen) atoms. The SMILES string of the molecule is Nc1cccc(-n2nccc2C(F)(F)F)n1. The first-order valence-corrected chi connectivity index (χ1v) is 4.32. The van der Waals surface area contributed by atoms with E-state index in [9.17, 15) is 13.2 Å². The second-order valence-electron chi connectivity index (χ2n) is 3.05. The lowest BCUT2D eigenvalue weighted by Gasteiger charge is -2.09. The van der Waals surface area contributed by atoms with Gasteiger partial charge in [0.05, 0.1) is 6.20 Å². The topological polar surface area (TPSA) is 56.7 Å². The Morgan fingerprint density at radius 2 is 1.94 bits per heavy atom. The summed E-state index contributed by atoms with van der Waals surface area (Å²) in [5, 5.41) is 3.57. The number of pyridine rings is 1. The number of nitrogens with zero attached hydrogens (tertiary/aromatic N) is 3. The van der Waals surface area contributed by atoms with Gasteiger partial charge in [0.1, 0.15) is 11.5 Å². The maximum Gasteiger partial charge on any atom is 0.433 e. The average Bonchev–Trinajstić information content (AvgIpc) is 2.65. The smallest absolute Gasteiger partial charge is 0.384 e. The van der Waals surface area contributed by atoms with Gasteiger partial charge in [-0.2, -0.15) is 18.3 Å². The lowest BCUT2D eigenvalue weighted by atomic mass is 10.4. The fourth-order valence-electron chi connectivity index (χ4n) is 1.26. The van der Waals surface area contributed by atoms with Gasteiger partial charge in [-0.25, -0.2) is 9.67 Å². The third-order valence-electron chi connectivity index (χ3n) is 1.91. The molecule has 0 unspecified atom stereocenters. The molecule has 0 atom stereocenters. The molecule has 0 saturated carbocycles. The Hall–Kier alpha value is -2.05. The molecule has 0 radical (unpaired) electrons. The van der Waals surface area contributed by atoms with Gasteiger partial charge in [-0.3, -0.25) is 0 Å². The maximum atomic E-state index is 12.5. The van der Waals surface area contributed by atoms with E-state index in [1.54, 1.807) is 0 Å². The highest BCUT2D eigenvalue weighted by Crippen LogP contribution is 2.30. The van der Waals surface area contributed by atoms with Gasteiger partial charge in [0, 0.05) is 0 Å². The minimum absolute atomic E-state index is 0.0392. The summed E-state index contributed by atoms with van der Waals surface area (Å²) >= 11 is 0. The Morgan fingerprint density at radius 1 is 1.19 bits per heavy atom. The van der Waals surface area contributed by atoms with Crippen molar-refractivity contribution in [2.45, 2.75) is 6.18 Å². The second-order valence-corrected chi connectivity index (χ2v) is 3.05. The van der Waals surface area contributed by atoms with E-state index >= 15 is 0 Å². The highest BCUT2D eigenvalue weighted by molar-refractivity contribution is 5.36. The molecule has 84 valence electrons. The van der Waals surface area contributed by atoms with E-state index in [0.717, 1.165) is 12.3 Å². The van der Waals surface area contributed by atoms with Crippen LogP contribution in [0, 0.1) is 0 Å². The second kappa shape index (κ2) is 3.51. The molecule has 0 fully saturated rings. The van der Waals surface area contributed by atoms with Gasteiger partial charge in [0.15, 0.2) is 5.82 Å². The zero-order valence-electron chi connectivity index (χ0n) is 7.94. The molecule has 2 N–H and O–H groups in total. The van der Waals surface area contributed by atoms with Crippen molar-refractivity contribution in [1.29, 1.82) is 0 Å². The molecule has 0 spiro atoms. The third-order valence-corrected chi connectivity index (χ3v) is 1.91. The van der Waals surface area contributed by atoms with Crippen LogP contribution >= 0.6 is 0 Å². The lowest BCUT2D eigenvalue weighted by molar-refractivity contribution is -0.142. The van der Waals surface area contributed by atoms with Crippen molar-refractivity contribution in [3.8, 4) is 5.82 Å². The van der Waals surface area contributed by atoms with Crippen LogP contribution in [0.4, 0.5) is 19.0 Å². The number of hydrogen-bond donors (Lipinski definition) is 1. The van der Waals surface area contributed by atoms with E-state index in [1.807, 2.05) is 0 Å². The van der Waals surface area contributed by atoms with Gasteiger partial charge in [-0.1, -0.05) is 6.07 Å². The molecule has 0 aliphatic carbocycles. The number of nitrogens with two attached hydrogens (primary N) is 1. The molecule has 0 aliphatic rings. The van der Waals surface area contributed by atoms with Crippen LogP contribution in [0.25, 0.3) is 5.82 Å². The van der Waals surface area contributed by atoms with E-state index in [4.69, 9.17) is 5.73 Å². The molecule has 2 rings (SSSR count). The van der Waals surface area contributed by atoms with Gasteiger partial charge in [0.25, 0.3) is 0 Å². The minimum Gasteiger partial charge on any atom is -0.384 e. The van der Waals surface area contributed by atoms with Gasteiger partial charge < -0.3 is 5.73 Å². The zero-order chi connectivity index (χ0) is 11.8. The molecule has 4 nitrogen and oxygen atoms in total. The highest BCUT2D eigenvalue weighted by atomic mass is 19.4. The number of aromatic nitrogens is 3. The third kappa shape index (κ3) is 1.83. The van der Waals surface area contributed by atoms with Gasteiger partial charge in [0.2, 0.25) is 0 Å². The van der Waals surface area contributed by atoms with Crippen molar-refractivity contribution in [3.05, 3.63) is 36.2 Å². The molecular weight excluding hydrogens is 221 g/mol. The predicted octanol–water partition coefficient (Wildman–Crippen LogP) is 1.87. The Kier molecular flexibility index (Phi) is 2.30. The molecule has 0 bridgehead atoms. The summed E-state index contributed by atoms with van der Waals surface area (Å²) in [5.41, 5.74) is 4.51. The van der Waals surface area contributed by atoms with Crippen molar-refractivity contribution in [2.75, 3.05) is 5.73 Å². The summed E-state index contributed by atoms with van der Waals surface area (Å²) in [5.74, 6) is 0.179. The first-order valence-electron chi connectivity index (χ1n) is 4.32. The first kappa shape index (κ1) is 10.5. The van der Waals surface area contributed by atoms with Crippen LogP contribution < -0.4 is 5.73 Å². The molecule has 0 aliphatic heterocycles. The fraction of sp³-hybridized carbons (Fsp3) is 0.111.